The molecule has 1 rings (SSSR count). The van der Waals surface area contributed by atoms with Crippen LogP contribution in [0, 0.1) is 5.82 Å². The Kier molecular flexibility index (Phi) is 4.01. The Morgan fingerprint density at radius 3 is 2.86 bits per heavy atom. The number of halogens is 2. The zero-order valence-electron chi connectivity index (χ0n) is 7.76. The first-order valence-corrected chi connectivity index (χ1v) is 5.02. The van der Waals surface area contributed by atoms with Crippen molar-refractivity contribution in [1.82, 2.24) is 0 Å². The van der Waals surface area contributed by atoms with E-state index in [1.165, 1.54) is 18.2 Å². The van der Waals surface area contributed by atoms with E-state index in [4.69, 9.17) is 0 Å². The molecular formula is C11H10BrFO. The second kappa shape index (κ2) is 5.05. The monoisotopic (exact) mass is 256 g/mol. The number of hydrogen-bond acceptors (Lipinski definition) is 1. The quantitative estimate of drug-likeness (QED) is 0.759. The third-order valence-corrected chi connectivity index (χ3v) is 2.47. The van der Waals surface area contributed by atoms with Gasteiger partial charge in [0.15, 0.2) is 5.78 Å². The Labute approximate surface area is 90.8 Å². The number of allylic oxidation sites excluding steroid dienone is 2. The van der Waals surface area contributed by atoms with E-state index < -0.39 is 0 Å². The zero-order chi connectivity index (χ0) is 10.6. The van der Waals surface area contributed by atoms with Crippen molar-refractivity contribution in [2.75, 3.05) is 0 Å². The van der Waals surface area contributed by atoms with Crippen LogP contribution in [-0.2, 0) is 11.2 Å². The topological polar surface area (TPSA) is 17.1 Å². The van der Waals surface area contributed by atoms with Crippen molar-refractivity contribution >= 4 is 21.7 Å². The molecule has 0 unspecified atom stereocenters. The van der Waals surface area contributed by atoms with Crippen molar-refractivity contribution in [3.63, 3.8) is 0 Å². The highest BCUT2D eigenvalue weighted by molar-refractivity contribution is 9.10. The lowest BCUT2D eigenvalue weighted by atomic mass is 10.1. The van der Waals surface area contributed by atoms with E-state index in [1.807, 2.05) is 0 Å². The Morgan fingerprint density at radius 2 is 2.29 bits per heavy atom. The molecule has 74 valence electrons. The first-order valence-electron chi connectivity index (χ1n) is 4.23. The van der Waals surface area contributed by atoms with Crippen LogP contribution in [0.3, 0.4) is 0 Å². The molecule has 0 fully saturated rings. The summed E-state index contributed by atoms with van der Waals surface area (Å²) in [5.41, 5.74) is 0.800. The van der Waals surface area contributed by atoms with Crippen molar-refractivity contribution < 1.29 is 9.18 Å². The normalized spacial score (nSPS) is 10.8. The highest BCUT2D eigenvalue weighted by atomic mass is 79.9. The summed E-state index contributed by atoms with van der Waals surface area (Å²) in [5, 5.41) is 0. The summed E-state index contributed by atoms with van der Waals surface area (Å²) in [5.74, 6) is -0.293. The molecule has 0 N–H and O–H groups in total. The number of benzene rings is 1. The fraction of sp³-hybridized carbons (Fsp3) is 0.182. The van der Waals surface area contributed by atoms with Crippen molar-refractivity contribution in [3.8, 4) is 0 Å². The number of rotatable bonds is 3. The van der Waals surface area contributed by atoms with Crippen LogP contribution >= 0.6 is 15.9 Å². The minimum atomic E-state index is -0.306. The summed E-state index contributed by atoms with van der Waals surface area (Å²) in [4.78, 5) is 11.2. The molecule has 1 aromatic rings. The maximum atomic E-state index is 12.7. The van der Waals surface area contributed by atoms with Gasteiger partial charge in [0.25, 0.3) is 0 Å². The van der Waals surface area contributed by atoms with Crippen LogP contribution in [-0.4, -0.2) is 5.78 Å². The molecule has 0 aliphatic carbocycles. The summed E-state index contributed by atoms with van der Waals surface area (Å²) < 4.78 is 13.3. The molecular weight excluding hydrogens is 247 g/mol. The predicted molar refractivity (Wildman–Crippen MR) is 57.6 cm³/mol. The van der Waals surface area contributed by atoms with Crippen LogP contribution in [0.15, 0.2) is 34.8 Å². The molecule has 3 heteroatoms. The summed E-state index contributed by atoms with van der Waals surface area (Å²) in [6, 6.07) is 4.32. The molecule has 0 atom stereocenters. The summed E-state index contributed by atoms with van der Waals surface area (Å²) in [6.45, 7) is 1.79. The van der Waals surface area contributed by atoms with Gasteiger partial charge in [0.2, 0.25) is 0 Å². The van der Waals surface area contributed by atoms with Gasteiger partial charge in [0, 0.05) is 10.9 Å². The molecule has 0 bridgehead atoms. The van der Waals surface area contributed by atoms with Gasteiger partial charge < -0.3 is 0 Å². The van der Waals surface area contributed by atoms with Crippen LogP contribution in [0.25, 0.3) is 0 Å². The van der Waals surface area contributed by atoms with E-state index >= 15 is 0 Å². The minimum Gasteiger partial charge on any atom is -0.294 e. The van der Waals surface area contributed by atoms with Crippen LogP contribution in [0.2, 0.25) is 0 Å². The molecule has 1 nitrogen and oxygen atoms in total. The molecule has 0 aromatic heterocycles. The van der Waals surface area contributed by atoms with Gasteiger partial charge >= 0.3 is 0 Å². The van der Waals surface area contributed by atoms with Crippen LogP contribution < -0.4 is 0 Å². The first kappa shape index (κ1) is 11.1. The fourth-order valence-electron chi connectivity index (χ4n) is 1.10. The fourth-order valence-corrected chi connectivity index (χ4v) is 1.59. The average molecular weight is 257 g/mol. The third kappa shape index (κ3) is 3.07. The lowest BCUT2D eigenvalue weighted by Gasteiger charge is -2.01. The smallest absolute Gasteiger partial charge is 0.159 e. The lowest BCUT2D eigenvalue weighted by molar-refractivity contribution is -0.114. The summed E-state index contributed by atoms with van der Waals surface area (Å²) in [6.07, 6.45) is 3.50. The predicted octanol–water partition coefficient (Wildman–Crippen LogP) is 3.28. The summed E-state index contributed by atoms with van der Waals surface area (Å²) >= 11 is 3.21. The van der Waals surface area contributed by atoms with Crippen molar-refractivity contribution in [3.05, 3.63) is 46.2 Å². The Morgan fingerprint density at radius 1 is 1.57 bits per heavy atom. The van der Waals surface area contributed by atoms with E-state index in [-0.39, 0.29) is 11.6 Å². The second-order valence-electron chi connectivity index (χ2n) is 2.88. The largest absolute Gasteiger partial charge is 0.294 e. The molecule has 0 amide bonds. The number of ketones is 1. The molecule has 0 spiro atoms. The standard InChI is InChI=1S/C11H10BrFO/c1-2-3-10(14)6-8-4-5-9(13)7-11(8)12/h2-5,7H,6H2,1H3/b3-2+. The van der Waals surface area contributed by atoms with Crippen LogP contribution in [0.1, 0.15) is 12.5 Å². The Balaban J connectivity index is 2.82. The molecule has 0 saturated heterocycles. The number of carbonyl (C=O) groups is 1. The molecule has 0 aliphatic rings. The van der Waals surface area contributed by atoms with Gasteiger partial charge in [0.1, 0.15) is 5.82 Å². The highest BCUT2D eigenvalue weighted by Gasteiger charge is 2.04. The summed E-state index contributed by atoms with van der Waals surface area (Å²) in [7, 11) is 0. The van der Waals surface area contributed by atoms with Gasteiger partial charge in [-0.05, 0) is 30.7 Å². The first-order chi connectivity index (χ1) is 6.63. The van der Waals surface area contributed by atoms with Gasteiger partial charge in [-0.3, -0.25) is 4.79 Å². The van der Waals surface area contributed by atoms with Gasteiger partial charge in [0.05, 0.1) is 0 Å². The van der Waals surface area contributed by atoms with E-state index in [1.54, 1.807) is 19.1 Å². The van der Waals surface area contributed by atoms with Crippen molar-refractivity contribution in [1.29, 1.82) is 0 Å². The SMILES string of the molecule is C/C=C/C(=O)Cc1ccc(F)cc1Br. The van der Waals surface area contributed by atoms with Crippen molar-refractivity contribution in [2.45, 2.75) is 13.3 Å². The maximum absolute atomic E-state index is 12.7. The van der Waals surface area contributed by atoms with Crippen molar-refractivity contribution in [2.24, 2.45) is 0 Å². The molecule has 14 heavy (non-hydrogen) atoms. The van der Waals surface area contributed by atoms with E-state index in [0.29, 0.717) is 10.9 Å². The average Bonchev–Trinajstić information content (AvgIpc) is 2.10. The Bertz CT molecular complexity index is 372. The molecule has 1 aromatic carbocycles. The Hall–Kier alpha value is -0.960. The molecule has 0 radical (unpaired) electrons. The van der Waals surface area contributed by atoms with Crippen LogP contribution in [0.5, 0.6) is 0 Å². The van der Waals surface area contributed by atoms with E-state index in [2.05, 4.69) is 15.9 Å². The van der Waals surface area contributed by atoms with Gasteiger partial charge in [-0.1, -0.05) is 28.1 Å². The van der Waals surface area contributed by atoms with Crippen LogP contribution in [0.4, 0.5) is 4.39 Å². The number of carbonyl (C=O) groups excluding carboxylic acids is 1. The van der Waals surface area contributed by atoms with Gasteiger partial charge in [-0.15, -0.1) is 0 Å². The molecule has 0 aliphatic heterocycles. The minimum absolute atomic E-state index is 0.0137. The van der Waals surface area contributed by atoms with E-state index in [9.17, 15) is 9.18 Å². The lowest BCUT2D eigenvalue weighted by Crippen LogP contribution is -1.99. The zero-order valence-corrected chi connectivity index (χ0v) is 9.34. The molecule has 0 heterocycles. The maximum Gasteiger partial charge on any atom is 0.159 e. The third-order valence-electron chi connectivity index (χ3n) is 1.73. The molecule has 0 saturated carbocycles. The van der Waals surface area contributed by atoms with Gasteiger partial charge in [-0.25, -0.2) is 4.39 Å². The highest BCUT2D eigenvalue weighted by Crippen LogP contribution is 2.18. The van der Waals surface area contributed by atoms with E-state index in [0.717, 1.165) is 5.56 Å². The second-order valence-corrected chi connectivity index (χ2v) is 3.73. The number of hydrogen-bond donors (Lipinski definition) is 0. The van der Waals surface area contributed by atoms with Gasteiger partial charge in [-0.2, -0.15) is 0 Å².